The molecule has 1 aliphatic rings. The molecule has 1 saturated heterocycles. The number of carbonyl (C=O) groups is 1. The van der Waals surface area contributed by atoms with E-state index in [0.717, 1.165) is 19.3 Å². The Morgan fingerprint density at radius 2 is 1.81 bits per heavy atom. The maximum absolute atomic E-state index is 12.2. The van der Waals surface area contributed by atoms with Crippen molar-refractivity contribution >= 4 is 30.7 Å². The third kappa shape index (κ3) is 11.0. The molecule has 9 heteroatoms. The Hall–Kier alpha value is -0.240. The van der Waals surface area contributed by atoms with Crippen molar-refractivity contribution in [2.75, 3.05) is 32.7 Å². The number of alkyl halides is 3. The standard InChI is InChI=1S/C12H22F3N3O.2ClH/c13-12(14,15)9-18-7-3-10(4-8-18)2-6-17-11(19)1-5-16;;/h10H,1-9,16H2,(H,17,19);2*1H. The minimum atomic E-state index is -4.11. The van der Waals surface area contributed by atoms with Crippen molar-refractivity contribution in [2.45, 2.75) is 31.9 Å². The minimum Gasteiger partial charge on any atom is -0.356 e. The molecule has 1 rings (SSSR count). The molecule has 0 radical (unpaired) electrons. The highest BCUT2D eigenvalue weighted by atomic mass is 35.5. The van der Waals surface area contributed by atoms with Crippen LogP contribution in [0.15, 0.2) is 0 Å². The molecule has 0 aliphatic carbocycles. The summed E-state index contributed by atoms with van der Waals surface area (Å²) in [5.41, 5.74) is 5.25. The largest absolute Gasteiger partial charge is 0.401 e. The zero-order chi connectivity index (χ0) is 14.3. The van der Waals surface area contributed by atoms with Gasteiger partial charge in [-0.25, -0.2) is 0 Å². The molecule has 0 aromatic carbocycles. The van der Waals surface area contributed by atoms with Crippen LogP contribution < -0.4 is 11.1 Å². The molecule has 3 N–H and O–H groups in total. The predicted octanol–water partition coefficient (Wildman–Crippen LogP) is 1.96. The first-order chi connectivity index (χ1) is 8.90. The molecule has 1 heterocycles. The van der Waals surface area contributed by atoms with Crippen LogP contribution in [0.5, 0.6) is 0 Å². The maximum atomic E-state index is 12.2. The molecular formula is C12H24Cl2F3N3O. The zero-order valence-electron chi connectivity index (χ0n) is 11.8. The summed E-state index contributed by atoms with van der Waals surface area (Å²) in [4.78, 5) is 12.6. The van der Waals surface area contributed by atoms with E-state index in [1.807, 2.05) is 0 Å². The van der Waals surface area contributed by atoms with Gasteiger partial charge < -0.3 is 11.1 Å². The van der Waals surface area contributed by atoms with Gasteiger partial charge in [-0.15, -0.1) is 24.8 Å². The van der Waals surface area contributed by atoms with Crippen LogP contribution in [-0.4, -0.2) is 49.7 Å². The molecule has 4 nitrogen and oxygen atoms in total. The quantitative estimate of drug-likeness (QED) is 0.767. The highest BCUT2D eigenvalue weighted by Gasteiger charge is 2.32. The van der Waals surface area contributed by atoms with Gasteiger partial charge >= 0.3 is 6.18 Å². The van der Waals surface area contributed by atoms with Gasteiger partial charge in [-0.3, -0.25) is 9.69 Å². The monoisotopic (exact) mass is 353 g/mol. The van der Waals surface area contributed by atoms with E-state index in [4.69, 9.17) is 5.73 Å². The number of halogens is 5. The summed E-state index contributed by atoms with van der Waals surface area (Å²) >= 11 is 0. The van der Waals surface area contributed by atoms with Gasteiger partial charge in [0.15, 0.2) is 0 Å². The summed E-state index contributed by atoms with van der Waals surface area (Å²) in [7, 11) is 0. The molecule has 0 atom stereocenters. The Bertz CT molecular complexity index is 285. The number of amides is 1. The van der Waals surface area contributed by atoms with Crippen LogP contribution in [0.1, 0.15) is 25.7 Å². The van der Waals surface area contributed by atoms with Crippen LogP contribution in [0.2, 0.25) is 0 Å². The van der Waals surface area contributed by atoms with Crippen molar-refractivity contribution in [3.8, 4) is 0 Å². The number of piperidine rings is 1. The summed E-state index contributed by atoms with van der Waals surface area (Å²) in [6.07, 6.45) is -1.42. The number of nitrogens with two attached hydrogens (primary N) is 1. The fourth-order valence-electron chi connectivity index (χ4n) is 2.32. The first-order valence-electron chi connectivity index (χ1n) is 6.66. The Labute approximate surface area is 135 Å². The van der Waals surface area contributed by atoms with Gasteiger partial charge in [0.2, 0.25) is 5.91 Å². The summed E-state index contributed by atoms with van der Waals surface area (Å²) in [5.74, 6) is 0.347. The number of hydrogen-bond acceptors (Lipinski definition) is 3. The molecule has 0 saturated carbocycles. The second-order valence-electron chi connectivity index (χ2n) is 5.01. The first kappa shape index (κ1) is 23.0. The van der Waals surface area contributed by atoms with Crippen molar-refractivity contribution in [3.05, 3.63) is 0 Å². The Morgan fingerprint density at radius 1 is 1.24 bits per heavy atom. The van der Waals surface area contributed by atoms with Crippen LogP contribution >= 0.6 is 24.8 Å². The lowest BCUT2D eigenvalue weighted by Gasteiger charge is -2.32. The van der Waals surface area contributed by atoms with Crippen molar-refractivity contribution in [1.29, 1.82) is 0 Å². The van der Waals surface area contributed by atoms with E-state index in [9.17, 15) is 18.0 Å². The van der Waals surface area contributed by atoms with Gasteiger partial charge in [0, 0.05) is 19.5 Å². The summed E-state index contributed by atoms with van der Waals surface area (Å²) < 4.78 is 36.6. The maximum Gasteiger partial charge on any atom is 0.401 e. The Morgan fingerprint density at radius 3 is 2.29 bits per heavy atom. The second kappa shape index (κ2) is 11.3. The van der Waals surface area contributed by atoms with Crippen LogP contribution in [0.4, 0.5) is 13.2 Å². The van der Waals surface area contributed by atoms with E-state index in [1.165, 1.54) is 4.90 Å². The van der Waals surface area contributed by atoms with Crippen LogP contribution in [0.3, 0.4) is 0 Å². The average molecular weight is 354 g/mol. The Balaban J connectivity index is 0. The number of rotatable bonds is 6. The lowest BCUT2D eigenvalue weighted by atomic mass is 9.93. The lowest BCUT2D eigenvalue weighted by Crippen LogP contribution is -2.40. The SMILES string of the molecule is Cl.Cl.NCCC(=O)NCCC1CCN(CC(F)(F)F)CC1. The zero-order valence-corrected chi connectivity index (χ0v) is 13.5. The first-order valence-corrected chi connectivity index (χ1v) is 6.66. The van der Waals surface area contributed by atoms with Gasteiger partial charge in [-0.2, -0.15) is 13.2 Å². The topological polar surface area (TPSA) is 58.4 Å². The summed E-state index contributed by atoms with van der Waals surface area (Å²) in [6, 6.07) is 0. The highest BCUT2D eigenvalue weighted by molar-refractivity contribution is 5.85. The smallest absolute Gasteiger partial charge is 0.356 e. The van der Waals surface area contributed by atoms with Gasteiger partial charge in [-0.05, 0) is 38.3 Å². The third-order valence-corrected chi connectivity index (χ3v) is 3.36. The fourth-order valence-corrected chi connectivity index (χ4v) is 2.32. The van der Waals surface area contributed by atoms with Gasteiger partial charge in [0.25, 0.3) is 0 Å². The number of nitrogens with zero attached hydrogens (tertiary/aromatic N) is 1. The average Bonchev–Trinajstić information content (AvgIpc) is 2.30. The van der Waals surface area contributed by atoms with E-state index in [2.05, 4.69) is 5.32 Å². The second-order valence-corrected chi connectivity index (χ2v) is 5.01. The lowest BCUT2D eigenvalue weighted by molar-refractivity contribution is -0.148. The van der Waals surface area contributed by atoms with Gasteiger partial charge in [-0.1, -0.05) is 0 Å². The molecule has 1 fully saturated rings. The molecule has 1 aliphatic heterocycles. The predicted molar refractivity (Wildman–Crippen MR) is 81.0 cm³/mol. The van der Waals surface area contributed by atoms with Crippen LogP contribution in [-0.2, 0) is 4.79 Å². The number of likely N-dealkylation sites (tertiary alicyclic amines) is 1. The fraction of sp³-hybridized carbons (Fsp3) is 0.917. The van der Waals surface area contributed by atoms with E-state index in [0.29, 0.717) is 38.5 Å². The van der Waals surface area contributed by atoms with E-state index < -0.39 is 12.7 Å². The molecular weight excluding hydrogens is 330 g/mol. The van der Waals surface area contributed by atoms with Gasteiger partial charge in [0.1, 0.15) is 0 Å². The van der Waals surface area contributed by atoms with Crippen molar-refractivity contribution < 1.29 is 18.0 Å². The number of carbonyl (C=O) groups excluding carboxylic acids is 1. The van der Waals surface area contributed by atoms with E-state index >= 15 is 0 Å². The molecule has 0 spiro atoms. The number of hydrogen-bond donors (Lipinski definition) is 2. The van der Waals surface area contributed by atoms with Crippen molar-refractivity contribution in [3.63, 3.8) is 0 Å². The van der Waals surface area contributed by atoms with Gasteiger partial charge in [0.05, 0.1) is 6.54 Å². The van der Waals surface area contributed by atoms with Crippen LogP contribution in [0.25, 0.3) is 0 Å². The van der Waals surface area contributed by atoms with E-state index in [1.54, 1.807) is 0 Å². The summed E-state index contributed by atoms with van der Waals surface area (Å²) in [6.45, 7) is 1.08. The van der Waals surface area contributed by atoms with Crippen molar-refractivity contribution in [2.24, 2.45) is 11.7 Å². The van der Waals surface area contributed by atoms with Crippen LogP contribution in [0, 0.1) is 5.92 Å². The minimum absolute atomic E-state index is 0. The molecule has 128 valence electrons. The molecule has 0 unspecified atom stereocenters. The summed E-state index contributed by atoms with van der Waals surface area (Å²) in [5, 5.41) is 2.77. The molecule has 0 aromatic rings. The van der Waals surface area contributed by atoms with E-state index in [-0.39, 0.29) is 30.7 Å². The third-order valence-electron chi connectivity index (χ3n) is 3.36. The molecule has 0 bridgehead atoms. The molecule has 21 heavy (non-hydrogen) atoms. The normalized spacial score (nSPS) is 16.8. The Kier molecular flexibility index (Phi) is 12.4. The number of nitrogens with one attached hydrogen (secondary N) is 1. The molecule has 0 aromatic heterocycles. The highest BCUT2D eigenvalue weighted by Crippen LogP contribution is 2.23. The molecule has 1 amide bonds. The van der Waals surface area contributed by atoms with Crippen molar-refractivity contribution in [1.82, 2.24) is 10.2 Å².